The van der Waals surface area contributed by atoms with Crippen molar-refractivity contribution in [3.8, 4) is 0 Å². The smallest absolute Gasteiger partial charge is 0.419 e. The van der Waals surface area contributed by atoms with Crippen LogP contribution in [0.4, 0.5) is 4.79 Å². The van der Waals surface area contributed by atoms with Crippen LogP contribution in [0.2, 0.25) is 0 Å². The number of para-hydroxylation sites is 1. The molecule has 1 heterocycles. The van der Waals surface area contributed by atoms with Gasteiger partial charge >= 0.3 is 12.1 Å². The van der Waals surface area contributed by atoms with E-state index >= 15 is 0 Å². The highest BCUT2D eigenvalue weighted by Gasteiger charge is 2.26. The van der Waals surface area contributed by atoms with E-state index in [-0.39, 0.29) is 6.42 Å². The van der Waals surface area contributed by atoms with Gasteiger partial charge in [-0.15, -0.1) is 0 Å². The van der Waals surface area contributed by atoms with Crippen molar-refractivity contribution in [1.29, 1.82) is 0 Å². The highest BCUT2D eigenvalue weighted by molar-refractivity contribution is 5.94. The topological polar surface area (TPSA) is 97.6 Å². The van der Waals surface area contributed by atoms with Gasteiger partial charge in [-0.1, -0.05) is 18.2 Å². The first kappa shape index (κ1) is 18.5. The molecule has 1 amide bonds. The standard InChI is InChI=1S/C18H22N2O5/c1-11-13(9-14(16(22)23)19-10-21)12-7-5-6-8-15(12)20(11)17(24)25-18(2,3)4/h5-8,10,14H,9H2,1-4H3,(H,19,21)(H,22,23)/t14-/m0/s1. The minimum Gasteiger partial charge on any atom is -0.480 e. The Kier molecular flexibility index (Phi) is 5.15. The van der Waals surface area contributed by atoms with Crippen LogP contribution in [0.3, 0.4) is 0 Å². The van der Waals surface area contributed by atoms with Crippen molar-refractivity contribution in [2.75, 3.05) is 0 Å². The van der Waals surface area contributed by atoms with E-state index in [1.807, 2.05) is 12.1 Å². The number of carbonyl (C=O) groups is 3. The number of carbonyl (C=O) groups excluding carboxylic acids is 2. The Hall–Kier alpha value is -2.83. The van der Waals surface area contributed by atoms with E-state index < -0.39 is 23.7 Å². The molecule has 0 fully saturated rings. The van der Waals surface area contributed by atoms with Gasteiger partial charge in [-0.25, -0.2) is 14.2 Å². The number of hydrogen-bond acceptors (Lipinski definition) is 4. The molecule has 0 saturated carbocycles. The Bertz CT molecular complexity index is 817. The van der Waals surface area contributed by atoms with Crippen LogP contribution in [0.1, 0.15) is 32.0 Å². The van der Waals surface area contributed by atoms with Gasteiger partial charge in [0.1, 0.15) is 11.6 Å². The number of rotatable bonds is 5. The summed E-state index contributed by atoms with van der Waals surface area (Å²) in [7, 11) is 0. The van der Waals surface area contributed by atoms with Gasteiger partial charge in [0.15, 0.2) is 0 Å². The summed E-state index contributed by atoms with van der Waals surface area (Å²) >= 11 is 0. The van der Waals surface area contributed by atoms with Crippen LogP contribution in [-0.4, -0.2) is 39.8 Å². The van der Waals surface area contributed by atoms with Gasteiger partial charge < -0.3 is 15.2 Å². The number of aromatic nitrogens is 1. The highest BCUT2D eigenvalue weighted by Crippen LogP contribution is 2.28. The van der Waals surface area contributed by atoms with E-state index in [0.29, 0.717) is 23.2 Å². The Morgan fingerprint density at radius 1 is 1.32 bits per heavy atom. The molecule has 0 radical (unpaired) electrons. The first-order chi connectivity index (χ1) is 11.7. The highest BCUT2D eigenvalue weighted by atomic mass is 16.6. The second-order valence-electron chi connectivity index (χ2n) is 6.78. The van der Waals surface area contributed by atoms with Crippen LogP contribution in [0.5, 0.6) is 0 Å². The van der Waals surface area contributed by atoms with Crippen LogP contribution in [-0.2, 0) is 20.7 Å². The largest absolute Gasteiger partial charge is 0.480 e. The molecule has 2 aromatic rings. The summed E-state index contributed by atoms with van der Waals surface area (Å²) in [4.78, 5) is 34.6. The van der Waals surface area contributed by atoms with Crippen LogP contribution in [0.15, 0.2) is 24.3 Å². The van der Waals surface area contributed by atoms with Crippen molar-refractivity contribution in [3.05, 3.63) is 35.5 Å². The first-order valence-corrected chi connectivity index (χ1v) is 7.90. The quantitative estimate of drug-likeness (QED) is 0.811. The van der Waals surface area contributed by atoms with E-state index in [0.717, 1.165) is 5.39 Å². The van der Waals surface area contributed by atoms with Crippen LogP contribution in [0.25, 0.3) is 10.9 Å². The number of carboxylic acids is 1. The number of amides is 1. The Labute approximate surface area is 145 Å². The predicted molar refractivity (Wildman–Crippen MR) is 92.6 cm³/mol. The second-order valence-corrected chi connectivity index (χ2v) is 6.78. The maximum atomic E-state index is 12.6. The van der Waals surface area contributed by atoms with Gasteiger partial charge in [0.2, 0.25) is 6.41 Å². The fourth-order valence-electron chi connectivity index (χ4n) is 2.74. The minimum atomic E-state index is -1.14. The normalized spacial score (nSPS) is 12.6. The molecule has 2 N–H and O–H groups in total. The Morgan fingerprint density at radius 2 is 1.96 bits per heavy atom. The zero-order valence-electron chi connectivity index (χ0n) is 14.7. The van der Waals surface area contributed by atoms with E-state index in [1.165, 1.54) is 4.57 Å². The fourth-order valence-corrected chi connectivity index (χ4v) is 2.74. The van der Waals surface area contributed by atoms with Crippen molar-refractivity contribution < 1.29 is 24.2 Å². The van der Waals surface area contributed by atoms with Gasteiger partial charge in [-0.05, 0) is 39.3 Å². The van der Waals surface area contributed by atoms with Crippen molar-refractivity contribution in [1.82, 2.24) is 9.88 Å². The van der Waals surface area contributed by atoms with Gasteiger partial charge in [-0.3, -0.25) is 4.79 Å². The number of aliphatic carboxylic acids is 1. The third-order valence-electron chi connectivity index (χ3n) is 3.79. The van der Waals surface area contributed by atoms with Crippen molar-refractivity contribution >= 4 is 29.4 Å². The number of benzene rings is 1. The molecule has 7 heteroatoms. The zero-order chi connectivity index (χ0) is 18.8. The molecule has 0 aliphatic carbocycles. The Morgan fingerprint density at radius 3 is 2.52 bits per heavy atom. The summed E-state index contributed by atoms with van der Waals surface area (Å²) in [5.74, 6) is -1.14. The zero-order valence-corrected chi connectivity index (χ0v) is 14.7. The summed E-state index contributed by atoms with van der Waals surface area (Å²) in [6.07, 6.45) is -0.0973. The second kappa shape index (κ2) is 6.96. The van der Waals surface area contributed by atoms with Gasteiger partial charge in [0.25, 0.3) is 0 Å². The van der Waals surface area contributed by atoms with E-state index in [1.54, 1.807) is 39.8 Å². The SMILES string of the molecule is Cc1c(C[C@H](NC=O)C(=O)O)c2ccccc2n1C(=O)OC(C)(C)C. The number of ether oxygens (including phenoxy) is 1. The molecule has 7 nitrogen and oxygen atoms in total. The predicted octanol–water partition coefficient (Wildman–Crippen LogP) is 2.47. The van der Waals surface area contributed by atoms with Gasteiger partial charge in [-0.2, -0.15) is 0 Å². The molecular weight excluding hydrogens is 324 g/mol. The maximum Gasteiger partial charge on any atom is 0.419 e. The lowest BCUT2D eigenvalue weighted by Crippen LogP contribution is -2.37. The molecule has 0 aliphatic rings. The first-order valence-electron chi connectivity index (χ1n) is 7.90. The van der Waals surface area contributed by atoms with Crippen molar-refractivity contribution in [3.63, 3.8) is 0 Å². The monoisotopic (exact) mass is 346 g/mol. The average molecular weight is 346 g/mol. The molecule has 0 aliphatic heterocycles. The summed E-state index contributed by atoms with van der Waals surface area (Å²) < 4.78 is 6.90. The number of hydrogen-bond donors (Lipinski definition) is 2. The summed E-state index contributed by atoms with van der Waals surface area (Å²) in [5, 5.41) is 12.3. The van der Waals surface area contributed by atoms with Gasteiger partial charge in [0, 0.05) is 17.5 Å². The van der Waals surface area contributed by atoms with Crippen molar-refractivity contribution in [2.24, 2.45) is 0 Å². The third kappa shape index (κ3) is 3.99. The van der Waals surface area contributed by atoms with E-state index in [2.05, 4.69) is 5.32 Å². The van der Waals surface area contributed by atoms with Crippen molar-refractivity contribution in [2.45, 2.75) is 45.8 Å². The van der Waals surface area contributed by atoms with Crippen LogP contribution < -0.4 is 5.32 Å². The molecule has 0 saturated heterocycles. The lowest BCUT2D eigenvalue weighted by Gasteiger charge is -2.20. The van der Waals surface area contributed by atoms with Crippen LogP contribution in [0, 0.1) is 6.92 Å². The Balaban J connectivity index is 2.55. The molecule has 0 bridgehead atoms. The lowest BCUT2D eigenvalue weighted by molar-refractivity contribution is -0.140. The van der Waals surface area contributed by atoms with Gasteiger partial charge in [0.05, 0.1) is 5.52 Å². The summed E-state index contributed by atoms with van der Waals surface area (Å²) in [6.45, 7) is 7.07. The molecule has 1 atom stereocenters. The molecular formula is C18H22N2O5. The average Bonchev–Trinajstić information content (AvgIpc) is 2.77. The molecule has 0 spiro atoms. The van der Waals surface area contributed by atoms with E-state index in [9.17, 15) is 19.5 Å². The fraction of sp³-hybridized carbons (Fsp3) is 0.389. The molecule has 134 valence electrons. The van der Waals surface area contributed by atoms with Crippen LogP contribution >= 0.6 is 0 Å². The summed E-state index contributed by atoms with van der Waals surface area (Å²) in [5.41, 5.74) is 1.26. The summed E-state index contributed by atoms with van der Waals surface area (Å²) in [6, 6.07) is 6.13. The number of nitrogens with zero attached hydrogens (tertiary/aromatic N) is 1. The molecule has 25 heavy (non-hydrogen) atoms. The molecule has 1 aromatic carbocycles. The maximum absolute atomic E-state index is 12.6. The number of nitrogens with one attached hydrogen (secondary N) is 1. The molecule has 1 aromatic heterocycles. The third-order valence-corrected chi connectivity index (χ3v) is 3.79. The number of fused-ring (bicyclic) bond motifs is 1. The van der Waals surface area contributed by atoms with E-state index in [4.69, 9.17) is 4.74 Å². The lowest BCUT2D eigenvalue weighted by atomic mass is 10.0. The number of carboxylic acid groups (broad SMARTS) is 1. The minimum absolute atomic E-state index is 0.0657. The molecule has 0 unspecified atom stereocenters. The molecule has 2 rings (SSSR count).